The molecule has 3 aromatic rings. The van der Waals surface area contributed by atoms with E-state index in [4.69, 9.17) is 4.42 Å². The molecule has 0 bridgehead atoms. The van der Waals surface area contributed by atoms with Crippen molar-refractivity contribution in [1.29, 1.82) is 0 Å². The van der Waals surface area contributed by atoms with Crippen molar-refractivity contribution in [2.24, 2.45) is 7.05 Å². The number of aryl methyl sites for hydroxylation is 2. The van der Waals surface area contributed by atoms with Gasteiger partial charge < -0.3 is 9.73 Å². The van der Waals surface area contributed by atoms with Crippen molar-refractivity contribution in [2.45, 2.75) is 26.8 Å². The predicted octanol–water partition coefficient (Wildman–Crippen LogP) is 2.64. The largest absolute Gasteiger partial charge is 0.417 e. The predicted molar refractivity (Wildman–Crippen MR) is 81.6 cm³/mol. The zero-order valence-corrected chi connectivity index (χ0v) is 12.5. The van der Waals surface area contributed by atoms with Crippen molar-refractivity contribution < 1.29 is 4.42 Å². The third kappa shape index (κ3) is 2.33. The lowest BCUT2D eigenvalue weighted by molar-refractivity contribution is 0.555. The number of oxazole rings is 1. The topological polar surface area (TPSA) is 75.8 Å². The minimum absolute atomic E-state index is 0.120. The number of aromatic amines is 1. The molecule has 1 aromatic carbocycles. The third-order valence-corrected chi connectivity index (χ3v) is 3.80. The van der Waals surface area contributed by atoms with Crippen molar-refractivity contribution in [3.8, 4) is 0 Å². The third-order valence-electron chi connectivity index (χ3n) is 3.80. The zero-order chi connectivity index (χ0) is 15.1. The number of rotatable bonds is 3. The van der Waals surface area contributed by atoms with E-state index in [0.717, 1.165) is 17.1 Å². The summed E-state index contributed by atoms with van der Waals surface area (Å²) in [6, 6.07) is 5.68. The lowest BCUT2D eigenvalue weighted by atomic mass is 10.1. The van der Waals surface area contributed by atoms with Crippen molar-refractivity contribution in [3.63, 3.8) is 0 Å². The van der Waals surface area contributed by atoms with Crippen molar-refractivity contribution in [1.82, 2.24) is 14.8 Å². The number of fused-ring (bicyclic) bond motifs is 1. The van der Waals surface area contributed by atoms with Crippen LogP contribution in [-0.4, -0.2) is 14.8 Å². The van der Waals surface area contributed by atoms with Gasteiger partial charge in [0.25, 0.3) is 0 Å². The Balaban J connectivity index is 1.91. The number of aromatic nitrogens is 3. The van der Waals surface area contributed by atoms with Gasteiger partial charge in [-0.15, -0.1) is 0 Å². The Morgan fingerprint density at radius 3 is 2.81 bits per heavy atom. The second-order valence-electron chi connectivity index (χ2n) is 5.30. The maximum absolute atomic E-state index is 11.2. The van der Waals surface area contributed by atoms with E-state index in [2.05, 4.69) is 29.2 Å². The molecule has 1 unspecified atom stereocenters. The highest BCUT2D eigenvalue weighted by Gasteiger charge is 2.16. The van der Waals surface area contributed by atoms with Crippen LogP contribution >= 0.6 is 0 Å². The molecule has 0 aliphatic rings. The quantitative estimate of drug-likeness (QED) is 0.776. The molecule has 2 N–H and O–H groups in total. The maximum atomic E-state index is 11.2. The van der Waals surface area contributed by atoms with Gasteiger partial charge in [0, 0.05) is 24.0 Å². The van der Waals surface area contributed by atoms with Crippen LogP contribution in [0.3, 0.4) is 0 Å². The maximum Gasteiger partial charge on any atom is 0.417 e. The molecule has 110 valence electrons. The van der Waals surface area contributed by atoms with Gasteiger partial charge in [-0.2, -0.15) is 5.10 Å². The standard InChI is InChI=1S/C15H18N4O2/c1-8(14-9(2)18-19(4)10(14)3)16-11-5-6-13-12(7-11)17-15(20)21-13/h5-8,16H,1-4H3,(H,17,20). The highest BCUT2D eigenvalue weighted by atomic mass is 16.4. The molecule has 0 radical (unpaired) electrons. The highest BCUT2D eigenvalue weighted by molar-refractivity contribution is 5.76. The second kappa shape index (κ2) is 4.80. The number of H-pyrrole nitrogens is 1. The lowest BCUT2D eigenvalue weighted by Crippen LogP contribution is -2.09. The summed E-state index contributed by atoms with van der Waals surface area (Å²) in [5.41, 5.74) is 5.54. The average molecular weight is 286 g/mol. The van der Waals surface area contributed by atoms with Gasteiger partial charge in [-0.1, -0.05) is 0 Å². The van der Waals surface area contributed by atoms with Crippen LogP contribution in [0.25, 0.3) is 11.1 Å². The van der Waals surface area contributed by atoms with Crippen LogP contribution in [0, 0.1) is 13.8 Å². The zero-order valence-electron chi connectivity index (χ0n) is 12.5. The van der Waals surface area contributed by atoms with Crippen LogP contribution in [0.1, 0.15) is 29.9 Å². The normalized spacial score (nSPS) is 12.8. The van der Waals surface area contributed by atoms with E-state index in [9.17, 15) is 4.79 Å². The molecule has 2 aromatic heterocycles. The number of benzene rings is 1. The molecule has 1 atom stereocenters. The fourth-order valence-electron chi connectivity index (χ4n) is 2.78. The summed E-state index contributed by atoms with van der Waals surface area (Å²) in [6.45, 7) is 6.17. The van der Waals surface area contributed by atoms with Gasteiger partial charge in [-0.05, 0) is 39.0 Å². The summed E-state index contributed by atoms with van der Waals surface area (Å²) in [4.78, 5) is 13.8. The summed E-state index contributed by atoms with van der Waals surface area (Å²) >= 11 is 0. The second-order valence-corrected chi connectivity index (χ2v) is 5.30. The fourth-order valence-corrected chi connectivity index (χ4v) is 2.78. The van der Waals surface area contributed by atoms with E-state index in [1.807, 2.05) is 30.8 Å². The van der Waals surface area contributed by atoms with E-state index >= 15 is 0 Å². The Morgan fingerprint density at radius 1 is 1.38 bits per heavy atom. The van der Waals surface area contributed by atoms with Crippen LogP contribution in [0.2, 0.25) is 0 Å². The van der Waals surface area contributed by atoms with Gasteiger partial charge in [-0.25, -0.2) is 4.79 Å². The van der Waals surface area contributed by atoms with E-state index < -0.39 is 5.76 Å². The van der Waals surface area contributed by atoms with Crippen LogP contribution < -0.4 is 11.1 Å². The van der Waals surface area contributed by atoms with Crippen molar-refractivity contribution in [2.75, 3.05) is 5.32 Å². The molecule has 0 saturated carbocycles. The molecule has 21 heavy (non-hydrogen) atoms. The van der Waals surface area contributed by atoms with E-state index in [0.29, 0.717) is 11.1 Å². The van der Waals surface area contributed by atoms with Gasteiger partial charge in [0.1, 0.15) is 0 Å². The number of hydrogen-bond donors (Lipinski definition) is 2. The number of hydrogen-bond acceptors (Lipinski definition) is 4. The van der Waals surface area contributed by atoms with Gasteiger partial charge in [-0.3, -0.25) is 9.67 Å². The van der Waals surface area contributed by atoms with Crippen LogP contribution in [0.15, 0.2) is 27.4 Å². The first-order valence-corrected chi connectivity index (χ1v) is 6.85. The summed E-state index contributed by atoms with van der Waals surface area (Å²) in [7, 11) is 1.95. The van der Waals surface area contributed by atoms with E-state index in [-0.39, 0.29) is 6.04 Å². The average Bonchev–Trinajstić information content (AvgIpc) is 2.88. The minimum atomic E-state index is -0.436. The molecule has 0 spiro atoms. The van der Waals surface area contributed by atoms with E-state index in [1.54, 1.807) is 6.07 Å². The molecule has 0 fully saturated rings. The molecular formula is C15H18N4O2. The van der Waals surface area contributed by atoms with Crippen LogP contribution in [-0.2, 0) is 7.05 Å². The van der Waals surface area contributed by atoms with Gasteiger partial charge >= 0.3 is 5.76 Å². The number of nitrogens with one attached hydrogen (secondary N) is 2. The summed E-state index contributed by atoms with van der Waals surface area (Å²) < 4.78 is 6.89. The fraction of sp³-hybridized carbons (Fsp3) is 0.333. The minimum Gasteiger partial charge on any atom is -0.408 e. The molecule has 2 heterocycles. The first-order valence-electron chi connectivity index (χ1n) is 6.85. The molecule has 0 aliphatic carbocycles. The first kappa shape index (κ1) is 13.5. The summed E-state index contributed by atoms with van der Waals surface area (Å²) in [5, 5.41) is 7.88. The van der Waals surface area contributed by atoms with E-state index in [1.165, 1.54) is 5.56 Å². The Bertz CT molecular complexity index is 856. The Kier molecular flexibility index (Phi) is 3.08. The monoisotopic (exact) mass is 286 g/mol. The highest BCUT2D eigenvalue weighted by Crippen LogP contribution is 2.26. The van der Waals surface area contributed by atoms with Crippen LogP contribution in [0.5, 0.6) is 0 Å². The van der Waals surface area contributed by atoms with Gasteiger partial charge in [0.15, 0.2) is 5.58 Å². The molecule has 6 nitrogen and oxygen atoms in total. The Labute approximate surface area is 121 Å². The number of nitrogens with zero attached hydrogens (tertiary/aromatic N) is 2. The molecule has 6 heteroatoms. The van der Waals surface area contributed by atoms with Gasteiger partial charge in [0.2, 0.25) is 0 Å². The van der Waals surface area contributed by atoms with Crippen molar-refractivity contribution in [3.05, 3.63) is 45.7 Å². The molecule has 0 amide bonds. The first-order chi connectivity index (χ1) is 9.95. The Hall–Kier alpha value is -2.50. The number of anilines is 1. The summed E-state index contributed by atoms with van der Waals surface area (Å²) in [5.74, 6) is -0.436. The SMILES string of the molecule is Cc1nn(C)c(C)c1C(C)Nc1ccc2oc(=O)[nH]c2c1. The Morgan fingerprint density at radius 2 is 2.14 bits per heavy atom. The molecular weight excluding hydrogens is 268 g/mol. The van der Waals surface area contributed by atoms with Crippen molar-refractivity contribution >= 4 is 16.8 Å². The van der Waals surface area contributed by atoms with Crippen LogP contribution in [0.4, 0.5) is 5.69 Å². The van der Waals surface area contributed by atoms with Gasteiger partial charge in [0.05, 0.1) is 17.3 Å². The lowest BCUT2D eigenvalue weighted by Gasteiger charge is -2.16. The molecule has 0 saturated heterocycles. The smallest absolute Gasteiger partial charge is 0.408 e. The molecule has 0 aliphatic heterocycles. The molecule has 3 rings (SSSR count). The summed E-state index contributed by atoms with van der Waals surface area (Å²) in [6.07, 6.45) is 0.